The molecule has 0 aromatic carbocycles. The Hall–Kier alpha value is -1.03. The fourth-order valence-electron chi connectivity index (χ4n) is 2.10. The van der Waals surface area contributed by atoms with Gasteiger partial charge >= 0.3 is 0 Å². The van der Waals surface area contributed by atoms with Crippen LogP contribution in [0.3, 0.4) is 0 Å². The molecule has 0 bridgehead atoms. The van der Waals surface area contributed by atoms with E-state index in [-0.39, 0.29) is 16.7 Å². The molecule has 1 aromatic rings. The van der Waals surface area contributed by atoms with Crippen molar-refractivity contribution in [2.45, 2.75) is 45.0 Å². The first-order chi connectivity index (χ1) is 12.2. The Morgan fingerprint density at radius 2 is 2.31 bits per heavy atom. The summed E-state index contributed by atoms with van der Waals surface area (Å²) in [6.07, 6.45) is 3.41. The summed E-state index contributed by atoms with van der Waals surface area (Å²) in [5, 5.41) is 3.47. The van der Waals surface area contributed by atoms with Gasteiger partial charge in [-0.2, -0.15) is 8.75 Å². The summed E-state index contributed by atoms with van der Waals surface area (Å²) in [6.45, 7) is 8.07. The van der Waals surface area contributed by atoms with Crippen LogP contribution in [0.4, 0.5) is 0 Å². The average Bonchev–Trinajstić information content (AvgIpc) is 3.10. The third-order valence-corrected chi connectivity index (χ3v) is 7.38. The van der Waals surface area contributed by atoms with E-state index < -0.39 is 0 Å². The number of hydrogen-bond donors (Lipinski definition) is 2. The van der Waals surface area contributed by atoms with E-state index in [0.717, 1.165) is 28.1 Å². The van der Waals surface area contributed by atoms with Gasteiger partial charge in [0.25, 0.3) is 5.91 Å². The Bertz CT molecular complexity index is 739. The normalized spacial score (nSPS) is 21.0. The van der Waals surface area contributed by atoms with Crippen molar-refractivity contribution in [3.05, 3.63) is 32.8 Å². The summed E-state index contributed by atoms with van der Waals surface area (Å²) in [4.78, 5) is 18.5. The fraction of sp³-hybridized carbons (Fsp3) is 0.500. The average molecular weight is 432 g/mol. The van der Waals surface area contributed by atoms with E-state index in [1.165, 1.54) is 11.8 Å². The highest BCUT2D eigenvalue weighted by molar-refractivity contribution is 8.07. The zero-order valence-electron chi connectivity index (χ0n) is 15.1. The van der Waals surface area contributed by atoms with E-state index in [1.54, 1.807) is 24.0 Å². The highest BCUT2D eigenvalue weighted by atomic mass is 35.5. The van der Waals surface area contributed by atoms with E-state index in [0.29, 0.717) is 22.3 Å². The molecule has 142 valence electrons. The second-order valence-electron chi connectivity index (χ2n) is 6.09. The molecule has 0 radical (unpaired) electrons. The SMILES string of the molecule is CC=C(SC(=C(C)Cl)C1CSC(C)(C)C(N)=N1)C(=O)NCc1cnsn1. The monoisotopic (exact) mass is 431 g/mol. The number of amides is 1. The fourth-order valence-corrected chi connectivity index (χ4v) is 4.83. The molecule has 2 rings (SSSR count). The van der Waals surface area contributed by atoms with Crippen molar-refractivity contribution in [1.29, 1.82) is 0 Å². The Labute approximate surface area is 171 Å². The molecular formula is C16H22ClN5OS3. The summed E-state index contributed by atoms with van der Waals surface area (Å²) in [5.74, 6) is 1.18. The molecule has 1 unspecified atom stereocenters. The minimum atomic E-state index is -0.186. The second kappa shape index (κ2) is 9.25. The Kier molecular flexibility index (Phi) is 7.57. The third kappa shape index (κ3) is 5.48. The molecular weight excluding hydrogens is 410 g/mol. The number of carbonyl (C=O) groups excluding carboxylic acids is 1. The number of aromatic nitrogens is 2. The van der Waals surface area contributed by atoms with Crippen molar-refractivity contribution in [1.82, 2.24) is 14.1 Å². The van der Waals surface area contributed by atoms with Gasteiger partial charge in [-0.05, 0) is 27.7 Å². The zero-order valence-corrected chi connectivity index (χ0v) is 18.3. The lowest BCUT2D eigenvalue weighted by atomic mass is 10.1. The molecule has 0 fully saturated rings. The predicted octanol–water partition coefficient (Wildman–Crippen LogP) is 3.51. The minimum absolute atomic E-state index is 0.152. The summed E-state index contributed by atoms with van der Waals surface area (Å²) in [5.41, 5.74) is 6.85. The molecule has 1 atom stereocenters. The van der Waals surface area contributed by atoms with E-state index >= 15 is 0 Å². The van der Waals surface area contributed by atoms with Gasteiger partial charge in [-0.25, -0.2) is 0 Å². The first-order valence-electron chi connectivity index (χ1n) is 7.97. The molecule has 0 aliphatic carbocycles. The van der Waals surface area contributed by atoms with Crippen LogP contribution in [0.25, 0.3) is 0 Å². The summed E-state index contributed by atoms with van der Waals surface area (Å²) < 4.78 is 7.82. The highest BCUT2D eigenvalue weighted by Gasteiger charge is 2.33. The Morgan fingerprint density at radius 1 is 1.58 bits per heavy atom. The van der Waals surface area contributed by atoms with Crippen LogP contribution >= 0.6 is 46.9 Å². The number of carbonyl (C=O) groups is 1. The van der Waals surface area contributed by atoms with E-state index in [1.807, 2.05) is 13.8 Å². The van der Waals surface area contributed by atoms with Crippen molar-refractivity contribution < 1.29 is 4.79 Å². The number of hydrogen-bond acceptors (Lipinski definition) is 8. The quantitative estimate of drug-likeness (QED) is 0.669. The highest BCUT2D eigenvalue weighted by Crippen LogP contribution is 2.39. The topological polar surface area (TPSA) is 93.3 Å². The summed E-state index contributed by atoms with van der Waals surface area (Å²) in [6, 6.07) is -0.152. The molecule has 1 amide bonds. The maximum absolute atomic E-state index is 12.5. The largest absolute Gasteiger partial charge is 0.386 e. The molecule has 0 saturated carbocycles. The number of nitrogens with zero attached hydrogens (tertiary/aromatic N) is 3. The van der Waals surface area contributed by atoms with Gasteiger partial charge in [0.15, 0.2) is 0 Å². The van der Waals surface area contributed by atoms with Crippen LogP contribution in [-0.4, -0.2) is 37.0 Å². The van der Waals surface area contributed by atoms with Gasteiger partial charge in [0.2, 0.25) is 0 Å². The number of nitrogens with one attached hydrogen (secondary N) is 1. The zero-order chi connectivity index (χ0) is 19.3. The van der Waals surface area contributed by atoms with Gasteiger partial charge < -0.3 is 11.1 Å². The standard InChI is InChI=1S/C16H22ClN5OS3/c1-5-12(14(23)19-6-10-7-20-26-22-10)25-13(9(2)17)11-8-24-16(3,4)15(18)21-11/h5,7,11H,6,8H2,1-4H3,(H2,18,21)(H,19,23). The lowest BCUT2D eigenvalue weighted by Gasteiger charge is -2.32. The van der Waals surface area contributed by atoms with Crippen LogP contribution in [0.2, 0.25) is 0 Å². The number of allylic oxidation sites excluding steroid dienone is 2. The lowest BCUT2D eigenvalue weighted by Crippen LogP contribution is -2.41. The van der Waals surface area contributed by atoms with Crippen LogP contribution in [0.1, 0.15) is 33.4 Å². The number of halogens is 1. The van der Waals surface area contributed by atoms with Gasteiger partial charge in [0.05, 0.1) is 45.9 Å². The van der Waals surface area contributed by atoms with Crippen LogP contribution in [0.5, 0.6) is 0 Å². The number of nitrogens with two attached hydrogens (primary N) is 1. The maximum Gasteiger partial charge on any atom is 0.258 e. The maximum atomic E-state index is 12.5. The van der Waals surface area contributed by atoms with Crippen LogP contribution in [0.15, 0.2) is 32.1 Å². The van der Waals surface area contributed by atoms with Crippen LogP contribution in [0, 0.1) is 0 Å². The molecule has 6 nitrogen and oxygen atoms in total. The van der Waals surface area contributed by atoms with Gasteiger partial charge in [-0.15, -0.1) is 11.8 Å². The van der Waals surface area contributed by atoms with Gasteiger partial charge in [-0.3, -0.25) is 9.79 Å². The molecule has 10 heteroatoms. The number of amidine groups is 1. The first kappa shape index (κ1) is 21.3. The van der Waals surface area contributed by atoms with Gasteiger partial charge in [-0.1, -0.05) is 29.4 Å². The molecule has 26 heavy (non-hydrogen) atoms. The first-order valence-corrected chi connectivity index (χ1v) is 10.9. The lowest BCUT2D eigenvalue weighted by molar-refractivity contribution is -0.117. The van der Waals surface area contributed by atoms with E-state index in [2.05, 4.69) is 32.9 Å². The predicted molar refractivity (Wildman–Crippen MR) is 114 cm³/mol. The summed E-state index contributed by atoms with van der Waals surface area (Å²) >= 11 is 10.5. The van der Waals surface area contributed by atoms with Crippen molar-refractivity contribution in [3.63, 3.8) is 0 Å². The molecule has 2 heterocycles. The van der Waals surface area contributed by atoms with Gasteiger partial charge in [0.1, 0.15) is 5.84 Å². The van der Waals surface area contributed by atoms with E-state index in [9.17, 15) is 4.79 Å². The molecule has 0 spiro atoms. The third-order valence-electron chi connectivity index (χ3n) is 3.70. The molecule has 1 aromatic heterocycles. The van der Waals surface area contributed by atoms with Crippen LogP contribution < -0.4 is 11.1 Å². The van der Waals surface area contributed by atoms with Crippen molar-refractivity contribution in [2.24, 2.45) is 10.7 Å². The molecule has 1 aliphatic heterocycles. The number of thioether (sulfide) groups is 2. The van der Waals surface area contributed by atoms with E-state index in [4.69, 9.17) is 17.3 Å². The minimum Gasteiger partial charge on any atom is -0.386 e. The second-order valence-corrected chi connectivity index (χ2v) is 9.94. The van der Waals surface area contributed by atoms with Crippen molar-refractivity contribution >= 4 is 58.6 Å². The molecule has 0 saturated heterocycles. The Balaban J connectivity index is 2.10. The van der Waals surface area contributed by atoms with Crippen molar-refractivity contribution in [3.8, 4) is 0 Å². The van der Waals surface area contributed by atoms with Crippen LogP contribution in [-0.2, 0) is 11.3 Å². The summed E-state index contributed by atoms with van der Waals surface area (Å²) in [7, 11) is 0. The molecule has 1 aliphatic rings. The Morgan fingerprint density at radius 3 is 2.85 bits per heavy atom. The molecule has 3 N–H and O–H groups in total. The van der Waals surface area contributed by atoms with Gasteiger partial charge in [0, 0.05) is 15.7 Å². The number of aliphatic imine (C=N–C) groups is 1. The number of rotatable bonds is 6. The smallest absolute Gasteiger partial charge is 0.258 e. The van der Waals surface area contributed by atoms with Crippen molar-refractivity contribution in [2.75, 3.05) is 5.75 Å².